The van der Waals surface area contributed by atoms with Crippen LogP contribution in [0.25, 0.3) is 0 Å². The van der Waals surface area contributed by atoms with E-state index in [-0.39, 0.29) is 0 Å². The second-order valence-electron chi connectivity index (χ2n) is 5.21. The Morgan fingerprint density at radius 3 is 2.62 bits per heavy atom. The van der Waals surface area contributed by atoms with Crippen LogP contribution >= 0.6 is 0 Å². The van der Waals surface area contributed by atoms with Crippen molar-refractivity contribution in [3.05, 3.63) is 24.0 Å². The molecule has 1 heterocycles. The van der Waals surface area contributed by atoms with Gasteiger partial charge in [0, 0.05) is 18.8 Å². The summed E-state index contributed by atoms with van der Waals surface area (Å²) in [6, 6.07) is 4.62. The zero-order valence-corrected chi connectivity index (χ0v) is 10.2. The van der Waals surface area contributed by atoms with E-state index in [0.29, 0.717) is 6.04 Å². The van der Waals surface area contributed by atoms with Crippen LogP contribution < -0.4 is 5.32 Å². The molecule has 2 atom stereocenters. The predicted octanol–water partition coefficient (Wildman–Crippen LogP) is 2.39. The third kappa shape index (κ3) is 3.27. The van der Waals surface area contributed by atoms with Crippen molar-refractivity contribution in [2.75, 3.05) is 0 Å². The minimum atomic E-state index is 0.653. The minimum Gasteiger partial charge on any atom is -0.308 e. The van der Waals surface area contributed by atoms with Gasteiger partial charge in [0.15, 0.2) is 0 Å². The number of nitrogens with zero attached hydrogens (tertiary/aromatic N) is 2. The summed E-state index contributed by atoms with van der Waals surface area (Å²) in [5.41, 5.74) is 1.04. The van der Waals surface area contributed by atoms with E-state index in [4.69, 9.17) is 0 Å². The highest BCUT2D eigenvalue weighted by Gasteiger charge is 2.23. The van der Waals surface area contributed by atoms with E-state index in [2.05, 4.69) is 29.4 Å². The number of rotatable bonds is 3. The molecule has 0 saturated heterocycles. The van der Waals surface area contributed by atoms with Crippen LogP contribution in [-0.2, 0) is 6.54 Å². The lowest BCUT2D eigenvalue weighted by atomic mass is 9.80. The summed E-state index contributed by atoms with van der Waals surface area (Å²) < 4.78 is 0. The Morgan fingerprint density at radius 1 is 1.25 bits per heavy atom. The molecule has 1 fully saturated rings. The third-order valence-corrected chi connectivity index (χ3v) is 3.38. The molecule has 1 saturated carbocycles. The van der Waals surface area contributed by atoms with E-state index in [9.17, 15) is 0 Å². The van der Waals surface area contributed by atoms with Crippen LogP contribution in [0.2, 0.25) is 0 Å². The molecule has 0 amide bonds. The molecule has 3 heteroatoms. The van der Waals surface area contributed by atoms with Crippen LogP contribution in [-0.4, -0.2) is 16.2 Å². The molecular weight excluding hydrogens is 198 g/mol. The van der Waals surface area contributed by atoms with Crippen molar-refractivity contribution in [3.63, 3.8) is 0 Å². The van der Waals surface area contributed by atoms with E-state index < -0.39 is 0 Å². The van der Waals surface area contributed by atoms with Crippen molar-refractivity contribution in [3.8, 4) is 0 Å². The van der Waals surface area contributed by atoms with E-state index >= 15 is 0 Å². The molecule has 88 valence electrons. The van der Waals surface area contributed by atoms with Gasteiger partial charge in [0.05, 0.1) is 5.69 Å². The van der Waals surface area contributed by atoms with Crippen molar-refractivity contribution >= 4 is 0 Å². The van der Waals surface area contributed by atoms with Gasteiger partial charge >= 0.3 is 0 Å². The summed E-state index contributed by atoms with van der Waals surface area (Å²) in [5, 5.41) is 11.6. The van der Waals surface area contributed by atoms with Crippen LogP contribution in [0.1, 0.15) is 38.8 Å². The highest BCUT2D eigenvalue weighted by atomic mass is 15.1. The van der Waals surface area contributed by atoms with Gasteiger partial charge in [0.25, 0.3) is 0 Å². The highest BCUT2D eigenvalue weighted by molar-refractivity contribution is 4.99. The fourth-order valence-corrected chi connectivity index (χ4v) is 2.79. The van der Waals surface area contributed by atoms with Gasteiger partial charge in [0.2, 0.25) is 0 Å². The third-order valence-electron chi connectivity index (χ3n) is 3.38. The van der Waals surface area contributed by atoms with Crippen LogP contribution in [0.15, 0.2) is 18.3 Å². The molecule has 1 aliphatic carbocycles. The summed E-state index contributed by atoms with van der Waals surface area (Å²) in [6.45, 7) is 5.55. The molecule has 2 unspecified atom stereocenters. The Balaban J connectivity index is 1.81. The minimum absolute atomic E-state index is 0.653. The van der Waals surface area contributed by atoms with Gasteiger partial charge in [-0.1, -0.05) is 13.8 Å². The quantitative estimate of drug-likeness (QED) is 0.848. The van der Waals surface area contributed by atoms with Crippen LogP contribution in [0, 0.1) is 11.8 Å². The first-order valence-corrected chi connectivity index (χ1v) is 6.24. The van der Waals surface area contributed by atoms with E-state index in [1.807, 2.05) is 12.1 Å². The number of nitrogens with one attached hydrogen (secondary N) is 1. The van der Waals surface area contributed by atoms with Crippen molar-refractivity contribution in [1.82, 2.24) is 15.5 Å². The van der Waals surface area contributed by atoms with Crippen LogP contribution in [0.4, 0.5) is 0 Å². The van der Waals surface area contributed by atoms with Gasteiger partial charge in [-0.3, -0.25) is 0 Å². The van der Waals surface area contributed by atoms with Gasteiger partial charge in [-0.15, -0.1) is 0 Å². The first-order valence-electron chi connectivity index (χ1n) is 6.24. The zero-order valence-electron chi connectivity index (χ0n) is 10.2. The number of aromatic nitrogens is 2. The van der Waals surface area contributed by atoms with Crippen molar-refractivity contribution in [1.29, 1.82) is 0 Å². The second-order valence-corrected chi connectivity index (χ2v) is 5.21. The lowest BCUT2D eigenvalue weighted by Gasteiger charge is -2.32. The standard InChI is InChI=1S/C13H21N3/c1-10-6-11(2)8-13(7-10)14-9-12-4-3-5-15-16-12/h3-5,10-11,13-14H,6-9H2,1-2H3. The Hall–Kier alpha value is -0.960. The Bertz CT molecular complexity index is 302. The first-order chi connectivity index (χ1) is 7.74. The van der Waals surface area contributed by atoms with Gasteiger partial charge < -0.3 is 5.32 Å². The highest BCUT2D eigenvalue weighted by Crippen LogP contribution is 2.28. The molecule has 0 bridgehead atoms. The molecular formula is C13H21N3. The van der Waals surface area contributed by atoms with Crippen molar-refractivity contribution in [2.24, 2.45) is 11.8 Å². The molecule has 0 aliphatic heterocycles. The normalized spacial score (nSPS) is 30.2. The number of hydrogen-bond acceptors (Lipinski definition) is 3. The molecule has 0 spiro atoms. The number of hydrogen-bond donors (Lipinski definition) is 1. The first kappa shape index (κ1) is 11.5. The Morgan fingerprint density at radius 2 is 2.00 bits per heavy atom. The van der Waals surface area contributed by atoms with Crippen LogP contribution in [0.5, 0.6) is 0 Å². The summed E-state index contributed by atoms with van der Waals surface area (Å²) in [7, 11) is 0. The predicted molar refractivity (Wildman–Crippen MR) is 64.8 cm³/mol. The van der Waals surface area contributed by atoms with Gasteiger partial charge in [-0.05, 0) is 43.2 Å². The van der Waals surface area contributed by atoms with E-state index in [1.165, 1.54) is 19.3 Å². The molecule has 1 aliphatic rings. The summed E-state index contributed by atoms with van der Waals surface area (Å²) >= 11 is 0. The topological polar surface area (TPSA) is 37.8 Å². The van der Waals surface area contributed by atoms with E-state index in [1.54, 1.807) is 6.20 Å². The van der Waals surface area contributed by atoms with Crippen LogP contribution in [0.3, 0.4) is 0 Å². The summed E-state index contributed by atoms with van der Waals surface area (Å²) in [6.07, 6.45) is 5.69. The van der Waals surface area contributed by atoms with Gasteiger partial charge in [-0.2, -0.15) is 10.2 Å². The maximum Gasteiger partial charge on any atom is 0.0769 e. The molecule has 1 N–H and O–H groups in total. The fourth-order valence-electron chi connectivity index (χ4n) is 2.79. The molecule has 2 rings (SSSR count). The fraction of sp³-hybridized carbons (Fsp3) is 0.692. The van der Waals surface area contributed by atoms with E-state index in [0.717, 1.165) is 24.1 Å². The SMILES string of the molecule is CC1CC(C)CC(NCc2cccnn2)C1. The lowest BCUT2D eigenvalue weighted by Crippen LogP contribution is -2.36. The molecule has 1 aromatic rings. The smallest absolute Gasteiger partial charge is 0.0769 e. The maximum absolute atomic E-state index is 4.09. The summed E-state index contributed by atoms with van der Waals surface area (Å²) in [4.78, 5) is 0. The molecule has 3 nitrogen and oxygen atoms in total. The van der Waals surface area contributed by atoms with Gasteiger partial charge in [-0.25, -0.2) is 0 Å². The van der Waals surface area contributed by atoms with Crippen molar-refractivity contribution < 1.29 is 0 Å². The second kappa shape index (κ2) is 5.39. The maximum atomic E-state index is 4.09. The summed E-state index contributed by atoms with van der Waals surface area (Å²) in [5.74, 6) is 1.70. The average molecular weight is 219 g/mol. The Kier molecular flexibility index (Phi) is 3.88. The van der Waals surface area contributed by atoms with Gasteiger partial charge in [0.1, 0.15) is 0 Å². The van der Waals surface area contributed by atoms with Crippen molar-refractivity contribution in [2.45, 2.75) is 45.7 Å². The Labute approximate surface area is 97.7 Å². The monoisotopic (exact) mass is 219 g/mol. The zero-order chi connectivity index (χ0) is 11.4. The molecule has 0 aromatic carbocycles. The molecule has 16 heavy (non-hydrogen) atoms. The lowest BCUT2D eigenvalue weighted by molar-refractivity contribution is 0.237. The largest absolute Gasteiger partial charge is 0.308 e. The molecule has 1 aromatic heterocycles. The molecule has 0 radical (unpaired) electrons. The average Bonchev–Trinajstić information content (AvgIpc) is 2.27.